The number of hydrogen-bond acceptors (Lipinski definition) is 4. The van der Waals surface area contributed by atoms with Gasteiger partial charge in [-0.2, -0.15) is 4.98 Å². The van der Waals surface area contributed by atoms with Gasteiger partial charge >= 0.3 is 0 Å². The molecule has 1 heterocycles. The summed E-state index contributed by atoms with van der Waals surface area (Å²) in [4.78, 5) is 4.61. The predicted molar refractivity (Wildman–Crippen MR) is 99.6 cm³/mol. The van der Waals surface area contributed by atoms with E-state index in [9.17, 15) is 0 Å². The van der Waals surface area contributed by atoms with Crippen LogP contribution in [0.25, 0.3) is 22.6 Å². The first-order valence-corrected chi connectivity index (χ1v) is 8.58. The van der Waals surface area contributed by atoms with Gasteiger partial charge in [-0.15, -0.1) is 12.4 Å². The fourth-order valence-corrected chi connectivity index (χ4v) is 4.05. The molecule has 2 N–H and O–H groups in total. The molecule has 25 heavy (non-hydrogen) atoms. The quantitative estimate of drug-likeness (QED) is 0.578. The van der Waals surface area contributed by atoms with Gasteiger partial charge in [-0.25, -0.2) is 0 Å². The van der Waals surface area contributed by atoms with Crippen LogP contribution in [0.4, 0.5) is 0 Å². The molecule has 1 aromatic heterocycles. The van der Waals surface area contributed by atoms with Crippen LogP contribution in [0, 0.1) is 0 Å². The van der Waals surface area contributed by atoms with Crippen molar-refractivity contribution in [1.82, 2.24) is 10.1 Å². The molecule has 0 radical (unpaired) electrons. The minimum atomic E-state index is -0.408. The number of benzene rings is 2. The zero-order valence-electron chi connectivity index (χ0n) is 13.9. The molecule has 2 aromatic carbocycles. The zero-order valence-corrected chi connectivity index (χ0v) is 14.7. The van der Waals surface area contributed by atoms with Crippen molar-refractivity contribution in [3.05, 3.63) is 59.4 Å². The number of halogens is 1. The van der Waals surface area contributed by atoms with E-state index in [4.69, 9.17) is 10.3 Å². The van der Waals surface area contributed by atoms with Crippen LogP contribution in [0.1, 0.15) is 42.6 Å². The number of nitrogens with zero attached hydrogens (tertiary/aromatic N) is 2. The molecule has 5 rings (SSSR count). The molecular formula is C20H20ClN3O. The first-order valence-electron chi connectivity index (χ1n) is 8.58. The van der Waals surface area contributed by atoms with Gasteiger partial charge in [-0.3, -0.25) is 0 Å². The lowest BCUT2D eigenvalue weighted by molar-refractivity contribution is 0.372. The van der Waals surface area contributed by atoms with Crippen molar-refractivity contribution in [3.63, 3.8) is 0 Å². The first-order chi connectivity index (χ1) is 11.7. The van der Waals surface area contributed by atoms with Crippen molar-refractivity contribution in [2.24, 2.45) is 5.73 Å². The summed E-state index contributed by atoms with van der Waals surface area (Å²) in [6.45, 7) is 0. The number of fused-ring (bicyclic) bond motifs is 3. The van der Waals surface area contributed by atoms with Gasteiger partial charge in [-0.05, 0) is 53.6 Å². The monoisotopic (exact) mass is 353 g/mol. The Hall–Kier alpha value is -2.17. The Morgan fingerprint density at radius 2 is 1.72 bits per heavy atom. The molecule has 0 spiro atoms. The average Bonchev–Trinajstić information content (AvgIpc) is 3.32. The van der Waals surface area contributed by atoms with E-state index >= 15 is 0 Å². The Balaban J connectivity index is 0.00000157. The Labute approximate surface area is 152 Å². The van der Waals surface area contributed by atoms with Crippen LogP contribution in [0.5, 0.6) is 0 Å². The molecule has 2 aliphatic carbocycles. The summed E-state index contributed by atoms with van der Waals surface area (Å²) >= 11 is 0. The third kappa shape index (κ3) is 2.57. The van der Waals surface area contributed by atoms with Crippen molar-refractivity contribution in [3.8, 4) is 22.6 Å². The second-order valence-electron chi connectivity index (χ2n) is 6.99. The summed E-state index contributed by atoms with van der Waals surface area (Å²) in [6, 6.07) is 15.0. The van der Waals surface area contributed by atoms with E-state index in [2.05, 4.69) is 52.6 Å². The van der Waals surface area contributed by atoms with Crippen LogP contribution in [0.2, 0.25) is 0 Å². The van der Waals surface area contributed by atoms with Gasteiger partial charge in [0.25, 0.3) is 5.89 Å². The van der Waals surface area contributed by atoms with Crippen LogP contribution in [0.3, 0.4) is 0 Å². The summed E-state index contributed by atoms with van der Waals surface area (Å²) < 4.78 is 5.52. The maximum atomic E-state index is 6.43. The lowest BCUT2D eigenvalue weighted by atomic mass is 9.98. The van der Waals surface area contributed by atoms with Crippen LogP contribution in [-0.4, -0.2) is 10.1 Å². The van der Waals surface area contributed by atoms with Crippen LogP contribution >= 0.6 is 12.4 Å². The van der Waals surface area contributed by atoms with E-state index in [-0.39, 0.29) is 12.4 Å². The molecular weight excluding hydrogens is 334 g/mol. The van der Waals surface area contributed by atoms with E-state index < -0.39 is 5.54 Å². The van der Waals surface area contributed by atoms with Gasteiger partial charge in [0.05, 0.1) is 5.54 Å². The summed E-state index contributed by atoms with van der Waals surface area (Å²) in [5.41, 5.74) is 12.3. The van der Waals surface area contributed by atoms with Crippen molar-refractivity contribution in [1.29, 1.82) is 0 Å². The zero-order chi connectivity index (χ0) is 16.1. The minimum absolute atomic E-state index is 0. The van der Waals surface area contributed by atoms with E-state index in [1.165, 1.54) is 22.3 Å². The lowest BCUT2D eigenvalue weighted by Crippen LogP contribution is -2.34. The third-order valence-electron chi connectivity index (χ3n) is 5.41. The average molecular weight is 354 g/mol. The van der Waals surface area contributed by atoms with E-state index in [0.717, 1.165) is 37.7 Å². The predicted octanol–water partition coefficient (Wildman–Crippen LogP) is 4.46. The maximum Gasteiger partial charge on any atom is 0.258 e. The second-order valence-corrected chi connectivity index (χ2v) is 6.99. The maximum absolute atomic E-state index is 6.43. The highest BCUT2D eigenvalue weighted by Crippen LogP contribution is 2.39. The molecule has 128 valence electrons. The molecule has 4 nitrogen and oxygen atoms in total. The standard InChI is InChI=1S/C20H19N3O.ClH/c21-20(9-3-4-10-20)19-22-18(24-23-19)14-7-8-17-15(12-14)11-13-5-1-2-6-16(13)17;/h1-2,5-8,12H,3-4,9-11,21H2;1H. The molecule has 1 fully saturated rings. The molecule has 1 saturated carbocycles. The van der Waals surface area contributed by atoms with E-state index in [0.29, 0.717) is 11.7 Å². The fraction of sp³-hybridized carbons (Fsp3) is 0.300. The van der Waals surface area contributed by atoms with Gasteiger partial charge in [0.1, 0.15) is 0 Å². The van der Waals surface area contributed by atoms with Crippen LogP contribution in [0.15, 0.2) is 47.0 Å². The highest BCUT2D eigenvalue weighted by atomic mass is 35.5. The molecule has 3 aromatic rings. The smallest absolute Gasteiger partial charge is 0.258 e. The minimum Gasteiger partial charge on any atom is -0.334 e. The molecule has 0 unspecified atom stereocenters. The molecule has 0 aliphatic heterocycles. The third-order valence-corrected chi connectivity index (χ3v) is 5.41. The van der Waals surface area contributed by atoms with Crippen molar-refractivity contribution < 1.29 is 4.52 Å². The Bertz CT molecular complexity index is 928. The SMILES string of the molecule is Cl.NC1(c2noc(-c3ccc4c(c3)Cc3ccccc3-4)n2)CCCC1. The second kappa shape index (κ2) is 5.97. The molecule has 0 saturated heterocycles. The molecule has 0 amide bonds. The fourth-order valence-electron chi connectivity index (χ4n) is 4.05. The normalized spacial score (nSPS) is 17.0. The summed E-state index contributed by atoms with van der Waals surface area (Å²) in [6.07, 6.45) is 5.10. The Kier molecular flexibility index (Phi) is 3.89. The number of nitrogens with two attached hydrogens (primary N) is 1. The van der Waals surface area contributed by atoms with Crippen LogP contribution in [-0.2, 0) is 12.0 Å². The Morgan fingerprint density at radius 3 is 2.56 bits per heavy atom. The largest absolute Gasteiger partial charge is 0.334 e. The highest BCUT2D eigenvalue weighted by molar-refractivity contribution is 5.85. The molecule has 5 heteroatoms. The van der Waals surface area contributed by atoms with Crippen molar-refractivity contribution in [2.75, 3.05) is 0 Å². The first kappa shape index (κ1) is 16.3. The molecule has 0 bridgehead atoms. The summed E-state index contributed by atoms with van der Waals surface area (Å²) in [5.74, 6) is 1.22. The lowest BCUT2D eigenvalue weighted by Gasteiger charge is -2.17. The topological polar surface area (TPSA) is 64.9 Å². The van der Waals surface area contributed by atoms with Gasteiger partial charge in [0.2, 0.25) is 0 Å². The highest BCUT2D eigenvalue weighted by Gasteiger charge is 2.36. The van der Waals surface area contributed by atoms with Crippen molar-refractivity contribution in [2.45, 2.75) is 37.6 Å². The molecule has 0 atom stereocenters. The van der Waals surface area contributed by atoms with Gasteiger partial charge in [0, 0.05) is 5.56 Å². The molecule has 2 aliphatic rings. The number of aromatic nitrogens is 2. The van der Waals surface area contributed by atoms with Gasteiger partial charge in [-0.1, -0.05) is 48.3 Å². The number of rotatable bonds is 2. The van der Waals surface area contributed by atoms with Crippen molar-refractivity contribution >= 4 is 12.4 Å². The van der Waals surface area contributed by atoms with Gasteiger partial charge < -0.3 is 10.3 Å². The van der Waals surface area contributed by atoms with E-state index in [1.54, 1.807) is 0 Å². The number of hydrogen-bond donors (Lipinski definition) is 1. The van der Waals surface area contributed by atoms with E-state index in [1.807, 2.05) is 0 Å². The summed E-state index contributed by atoms with van der Waals surface area (Å²) in [7, 11) is 0. The Morgan fingerprint density at radius 1 is 0.960 bits per heavy atom. The van der Waals surface area contributed by atoms with Gasteiger partial charge in [0.15, 0.2) is 5.82 Å². The summed E-state index contributed by atoms with van der Waals surface area (Å²) in [5, 5.41) is 4.17. The van der Waals surface area contributed by atoms with Crippen LogP contribution < -0.4 is 5.73 Å².